The minimum atomic E-state index is -3.25. The summed E-state index contributed by atoms with van der Waals surface area (Å²) in [5, 5.41) is 30.6. The van der Waals surface area contributed by atoms with E-state index in [1.54, 1.807) is 64.3 Å². The Morgan fingerprint density at radius 3 is 2.25 bits per heavy atom. The molecular formula is C86H110N13O13S2+. The summed E-state index contributed by atoms with van der Waals surface area (Å²) in [6.07, 6.45) is 12.5. The van der Waals surface area contributed by atoms with E-state index in [0.29, 0.717) is 82.7 Å². The number of aryl methyl sites for hydroxylation is 1. The van der Waals surface area contributed by atoms with Gasteiger partial charge >= 0.3 is 0 Å². The maximum absolute atomic E-state index is 12.8. The maximum atomic E-state index is 12.8. The molecule has 3 saturated heterocycles. The number of β-amino-alcohol motifs (C(OH)–C–C–N with tert-alkyl or cyclic N) is 1. The number of likely N-dealkylation sites (N-methyl/N-ethyl adjacent to an activating group) is 1. The van der Waals surface area contributed by atoms with E-state index in [-0.39, 0.29) is 31.2 Å². The number of carbonyl (C=O) groups excluding carboxylic acids is 1. The number of thiophene rings is 1. The van der Waals surface area contributed by atoms with Crippen molar-refractivity contribution >= 4 is 55.3 Å². The molecule has 11 aromatic rings. The first-order chi connectivity index (χ1) is 55.7. The first kappa shape index (κ1) is 84.9. The van der Waals surface area contributed by atoms with Gasteiger partial charge in [-0.1, -0.05) is 35.9 Å². The zero-order valence-corrected chi connectivity index (χ0v) is 67.8. The number of Topliss-reactive ketones (excluding diaryl/α,β-unsaturated/α-hetero) is 1. The minimum Gasteiger partial charge on any atom is -0.497 e. The largest absolute Gasteiger partial charge is 0.497 e. The van der Waals surface area contributed by atoms with Crippen LogP contribution in [0.25, 0.3) is 28.1 Å². The highest BCUT2D eigenvalue weighted by atomic mass is 32.2. The molecule has 14 rings (SSSR count). The van der Waals surface area contributed by atoms with Gasteiger partial charge in [0.25, 0.3) is 0 Å². The van der Waals surface area contributed by atoms with Crippen LogP contribution >= 0.6 is 11.3 Å². The highest BCUT2D eigenvalue weighted by Gasteiger charge is 2.28. The number of ether oxygens (including phenoxy) is 7. The molecule has 0 saturated carbocycles. The lowest BCUT2D eigenvalue weighted by molar-refractivity contribution is -0.896. The van der Waals surface area contributed by atoms with Crippen LogP contribution in [-0.4, -0.2) is 225 Å². The van der Waals surface area contributed by atoms with Crippen LogP contribution < -0.4 is 48.4 Å². The number of hydrogen-bond acceptors (Lipinski definition) is 23. The van der Waals surface area contributed by atoms with E-state index in [1.165, 1.54) is 16.0 Å². The number of aromatic nitrogens is 6. The fourth-order valence-corrected chi connectivity index (χ4v) is 15.8. The number of hydrogen-bond donors (Lipinski definition) is 5. The van der Waals surface area contributed by atoms with Gasteiger partial charge in [0.15, 0.2) is 28.7 Å². The Balaban J connectivity index is 0.000000150. The van der Waals surface area contributed by atoms with Gasteiger partial charge in [0.05, 0.1) is 70.1 Å². The van der Waals surface area contributed by atoms with Crippen LogP contribution in [0.15, 0.2) is 193 Å². The standard InChI is InChI=1S/C24H26N4O2.C23H25N3O4.C20H28N2O3S.C19H30N4O4S/c1-3-27(18-20-17-26-28-13-5-12-25-24(20)28)21-6-4-7-23(16-21)30-15-14-29-22-10-8-19(2)9-11-22;1-26(13-16(27)15-30-18-9-7-17(28-2)8-10-18)14-20-19-5-3-11-24-23(19)25-22(20)21-6-4-12-29-21;1-2-24-20-14-17(15-21-7-8-22-9-11-23-12-10-22)5-6-19(20)25-16-18-4-3-13-26-18;24-15-14-21-10-12-22(13-11-21)19-17(5-3-7-20-19)18(25)6-4-16-28(26,27)23-8-1-2-9-23/h4-13,16-17H,3,14-15,18H2,1-2H3;3-12,16,27H,13-15H2,1-2H3,(H,24,25);3-6,13-14,21H,2,7-12,15-16H2,1H3;3,5,7,24H,1-2,4,6,8-16H2/p+1/t;16-;;/m.1../s1. The molecule has 26 nitrogen and oxygen atoms in total. The molecule has 3 fully saturated rings. The van der Waals surface area contributed by atoms with E-state index in [9.17, 15) is 18.3 Å². The molecule has 3 aliphatic heterocycles. The molecule has 28 heteroatoms. The van der Waals surface area contributed by atoms with E-state index in [2.05, 4.69) is 113 Å². The van der Waals surface area contributed by atoms with E-state index >= 15 is 0 Å². The molecule has 114 heavy (non-hydrogen) atoms. The lowest BCUT2D eigenvalue weighted by Gasteiger charge is -2.35. The third-order valence-electron chi connectivity index (χ3n) is 19.7. The summed E-state index contributed by atoms with van der Waals surface area (Å²) < 4.78 is 73.2. The fraction of sp³-hybridized carbons (Fsp3) is 0.407. The topological polar surface area (TPSA) is 274 Å². The summed E-state index contributed by atoms with van der Waals surface area (Å²) in [6.45, 7) is 23.3. The molecule has 1 unspecified atom stereocenters. The van der Waals surface area contributed by atoms with Crippen LogP contribution in [0.1, 0.15) is 77.0 Å². The van der Waals surface area contributed by atoms with Gasteiger partial charge in [0, 0.05) is 156 Å². The zero-order valence-electron chi connectivity index (χ0n) is 66.2. The average molecular weight is 1600 g/mol. The Labute approximate surface area is 673 Å². The monoisotopic (exact) mass is 1600 g/mol. The SMILES string of the molecule is CCN(Cc1cnn2cccnc12)c1cccc(OCCOc2ccc(C)cc2)c1.CCOc1cc(CNCCN2CCOCC2)ccc1OCc1cccs1.COc1ccc(OC[C@H](O)C[NH+](C)Cc2c(-c3ccco3)[nH]c3ncccc23)cc1.O=C(CCCS(=O)(=O)N1CCCC1)c1cccnc1N1CCN(CCO)CC1. The van der Waals surface area contributed by atoms with Crippen molar-refractivity contribution in [2.45, 2.75) is 78.8 Å². The molecule has 0 amide bonds. The lowest BCUT2D eigenvalue weighted by Crippen LogP contribution is -3.09. The van der Waals surface area contributed by atoms with Crippen molar-refractivity contribution in [1.82, 2.24) is 49.0 Å². The number of H-pyrrole nitrogens is 1. The van der Waals surface area contributed by atoms with Crippen LogP contribution in [-0.2, 0) is 41.0 Å². The van der Waals surface area contributed by atoms with Crippen molar-refractivity contribution in [2.24, 2.45) is 0 Å². The number of quaternary nitrogens is 1. The number of ketones is 1. The summed E-state index contributed by atoms with van der Waals surface area (Å²) in [7, 11) is 0.427. The number of methoxy groups -OCH3 is 1. The number of aliphatic hydroxyl groups is 2. The number of furan rings is 1. The number of piperazine rings is 1. The number of nitrogens with one attached hydrogen (secondary N) is 3. The highest BCUT2D eigenvalue weighted by molar-refractivity contribution is 7.89. The normalized spacial score (nSPS) is 14.5. The summed E-state index contributed by atoms with van der Waals surface area (Å²) in [4.78, 5) is 40.8. The number of pyridine rings is 2. The number of morpholine rings is 1. The second-order valence-corrected chi connectivity index (χ2v) is 31.1. The van der Waals surface area contributed by atoms with Gasteiger partial charge in [-0.2, -0.15) is 5.10 Å². The Morgan fingerprint density at radius 1 is 0.754 bits per heavy atom. The van der Waals surface area contributed by atoms with Crippen LogP contribution in [0.2, 0.25) is 0 Å². The first-order valence-electron chi connectivity index (χ1n) is 39.4. The number of carbonyl (C=O) groups is 1. The second-order valence-electron chi connectivity index (χ2n) is 28.0. The molecule has 0 radical (unpaired) electrons. The smallest absolute Gasteiger partial charge is 0.214 e. The Kier molecular flexibility index (Phi) is 33.2. The predicted octanol–water partition coefficient (Wildman–Crippen LogP) is 10.5. The number of nitrogens with zero attached hydrogens (tertiary/aromatic N) is 10. The molecule has 4 aromatic carbocycles. The highest BCUT2D eigenvalue weighted by Crippen LogP contribution is 2.32. The summed E-state index contributed by atoms with van der Waals surface area (Å²) in [5.41, 5.74) is 8.95. The summed E-state index contributed by atoms with van der Waals surface area (Å²) in [5.74, 6) is 6.20. The fourth-order valence-electron chi connectivity index (χ4n) is 13.6. The summed E-state index contributed by atoms with van der Waals surface area (Å²) >= 11 is 1.70. The third kappa shape index (κ3) is 25.8. The number of aliphatic hydroxyl groups excluding tert-OH is 2. The Hall–Kier alpha value is -9.98. The quantitative estimate of drug-likeness (QED) is 0.0179. The molecule has 2 atom stereocenters. The van der Waals surface area contributed by atoms with Crippen LogP contribution in [0.4, 0.5) is 11.5 Å². The molecule has 608 valence electrons. The molecule has 7 aromatic heterocycles. The first-order valence-corrected chi connectivity index (χ1v) is 41.9. The van der Waals surface area contributed by atoms with E-state index < -0.39 is 16.1 Å². The molecule has 5 N–H and O–H groups in total. The van der Waals surface area contributed by atoms with Gasteiger partial charge in [-0.15, -0.1) is 11.3 Å². The molecule has 0 aliphatic carbocycles. The van der Waals surface area contributed by atoms with Crippen LogP contribution in [0, 0.1) is 6.92 Å². The molecule has 10 heterocycles. The van der Waals surface area contributed by atoms with E-state index in [1.807, 2.05) is 116 Å². The maximum Gasteiger partial charge on any atom is 0.214 e. The number of aromatic amines is 1. The van der Waals surface area contributed by atoms with Crippen LogP contribution in [0.5, 0.6) is 34.5 Å². The van der Waals surface area contributed by atoms with Crippen LogP contribution in [0.3, 0.4) is 0 Å². The van der Waals surface area contributed by atoms with Crippen molar-refractivity contribution in [2.75, 3.05) is 161 Å². The Morgan fingerprint density at radius 2 is 1.50 bits per heavy atom. The third-order valence-corrected chi connectivity index (χ3v) is 22.5. The van der Waals surface area contributed by atoms with Gasteiger partial charge in [0.1, 0.15) is 80.1 Å². The van der Waals surface area contributed by atoms with Crippen molar-refractivity contribution in [3.05, 3.63) is 221 Å². The molecule has 0 spiro atoms. The molecular weight excluding hydrogens is 1490 g/mol. The minimum absolute atomic E-state index is 0.0220. The van der Waals surface area contributed by atoms with Crippen molar-refractivity contribution in [3.8, 4) is 46.0 Å². The average Bonchev–Trinajstić information content (AvgIpc) is 1.61. The second kappa shape index (κ2) is 44.6. The van der Waals surface area contributed by atoms with Gasteiger partial charge in [-0.25, -0.2) is 32.2 Å². The van der Waals surface area contributed by atoms with Gasteiger partial charge in [0.2, 0.25) is 10.0 Å². The predicted molar refractivity (Wildman–Crippen MR) is 445 cm³/mol. The number of benzene rings is 4. The number of anilines is 2. The number of sulfonamides is 1. The summed E-state index contributed by atoms with van der Waals surface area (Å²) in [6, 6.07) is 47.0. The van der Waals surface area contributed by atoms with E-state index in [0.717, 1.165) is 177 Å². The van der Waals surface area contributed by atoms with Crippen molar-refractivity contribution in [1.29, 1.82) is 0 Å². The van der Waals surface area contributed by atoms with Gasteiger partial charge in [-0.3, -0.25) is 14.6 Å². The Bertz CT molecular complexity index is 4750. The molecule has 0 bridgehead atoms. The zero-order chi connectivity index (χ0) is 79.7. The number of fused-ring (bicyclic) bond motifs is 2. The molecule has 3 aliphatic rings. The van der Waals surface area contributed by atoms with Gasteiger partial charge < -0.3 is 72.8 Å². The van der Waals surface area contributed by atoms with Gasteiger partial charge in [-0.05, 0) is 160 Å². The van der Waals surface area contributed by atoms with Crippen molar-refractivity contribution in [3.63, 3.8) is 0 Å². The van der Waals surface area contributed by atoms with E-state index in [4.69, 9.17) is 42.7 Å². The number of rotatable bonds is 37. The lowest BCUT2D eigenvalue weighted by atomic mass is 10.1. The van der Waals surface area contributed by atoms with Crippen molar-refractivity contribution < 1.29 is 65.9 Å².